The zero-order valence-electron chi connectivity index (χ0n) is 11.6. The van der Waals surface area contributed by atoms with Crippen molar-refractivity contribution in [3.8, 4) is 0 Å². The molecule has 3 saturated carbocycles. The number of fused-ring (bicyclic) bond motifs is 5. The van der Waals surface area contributed by atoms with Crippen LogP contribution in [0.15, 0.2) is 24.3 Å². The van der Waals surface area contributed by atoms with Crippen LogP contribution in [0.25, 0.3) is 0 Å². The third kappa shape index (κ3) is 1.72. The summed E-state index contributed by atoms with van der Waals surface area (Å²) in [4.78, 5) is 23.8. The minimum Gasteiger partial charge on any atom is -0.326 e. The van der Waals surface area contributed by atoms with Crippen LogP contribution in [0.1, 0.15) is 36.5 Å². The van der Waals surface area contributed by atoms with Crippen molar-refractivity contribution < 1.29 is 9.59 Å². The molecule has 3 fully saturated rings. The van der Waals surface area contributed by atoms with E-state index in [0.29, 0.717) is 17.4 Å². The predicted octanol–water partition coefficient (Wildman–Crippen LogP) is 3.12. The number of amides is 1. The summed E-state index contributed by atoms with van der Waals surface area (Å²) in [5.41, 5.74) is 1.40. The van der Waals surface area contributed by atoms with Crippen molar-refractivity contribution >= 4 is 17.4 Å². The topological polar surface area (TPSA) is 46.2 Å². The highest BCUT2D eigenvalue weighted by atomic mass is 16.2. The van der Waals surface area contributed by atoms with Gasteiger partial charge in [-0.05, 0) is 62.0 Å². The van der Waals surface area contributed by atoms with Crippen LogP contribution < -0.4 is 5.32 Å². The molecule has 0 radical (unpaired) electrons. The van der Waals surface area contributed by atoms with E-state index in [1.807, 2.05) is 12.1 Å². The van der Waals surface area contributed by atoms with Crippen LogP contribution in [0.2, 0.25) is 0 Å². The maximum absolute atomic E-state index is 12.4. The van der Waals surface area contributed by atoms with E-state index in [9.17, 15) is 9.59 Å². The van der Waals surface area contributed by atoms with E-state index in [1.54, 1.807) is 19.1 Å². The molecule has 2 bridgehead atoms. The molecule has 1 amide bonds. The van der Waals surface area contributed by atoms with Crippen molar-refractivity contribution in [2.75, 3.05) is 5.32 Å². The van der Waals surface area contributed by atoms with Gasteiger partial charge in [-0.2, -0.15) is 0 Å². The molecule has 1 aromatic rings. The predicted molar refractivity (Wildman–Crippen MR) is 76.4 cm³/mol. The molecule has 0 spiro atoms. The van der Waals surface area contributed by atoms with Crippen molar-refractivity contribution in [1.82, 2.24) is 0 Å². The second kappa shape index (κ2) is 4.18. The molecule has 0 unspecified atom stereocenters. The second-order valence-electron chi connectivity index (χ2n) is 6.64. The molecule has 4 atom stereocenters. The van der Waals surface area contributed by atoms with E-state index in [2.05, 4.69) is 5.32 Å². The van der Waals surface area contributed by atoms with Crippen molar-refractivity contribution in [3.63, 3.8) is 0 Å². The van der Waals surface area contributed by atoms with Gasteiger partial charge in [-0.3, -0.25) is 9.59 Å². The second-order valence-corrected chi connectivity index (χ2v) is 6.64. The van der Waals surface area contributed by atoms with E-state index >= 15 is 0 Å². The van der Waals surface area contributed by atoms with Gasteiger partial charge in [-0.1, -0.05) is 12.1 Å². The van der Waals surface area contributed by atoms with Crippen LogP contribution in [-0.4, -0.2) is 11.7 Å². The number of ketones is 1. The number of hydrogen-bond donors (Lipinski definition) is 1. The van der Waals surface area contributed by atoms with Crippen LogP contribution in [0.4, 0.5) is 5.69 Å². The normalized spacial score (nSPS) is 36.5. The van der Waals surface area contributed by atoms with Gasteiger partial charge in [0.25, 0.3) is 0 Å². The van der Waals surface area contributed by atoms with Crippen molar-refractivity contribution in [2.45, 2.75) is 26.2 Å². The first-order valence-electron chi connectivity index (χ1n) is 7.57. The van der Waals surface area contributed by atoms with Gasteiger partial charge in [-0.15, -0.1) is 0 Å². The third-order valence-corrected chi connectivity index (χ3v) is 5.57. The van der Waals surface area contributed by atoms with Crippen LogP contribution in [0.3, 0.4) is 0 Å². The van der Waals surface area contributed by atoms with Gasteiger partial charge in [-0.25, -0.2) is 0 Å². The average Bonchev–Trinajstić information content (AvgIpc) is 2.88. The first kappa shape index (κ1) is 12.1. The Morgan fingerprint density at radius 1 is 1.15 bits per heavy atom. The van der Waals surface area contributed by atoms with E-state index in [4.69, 9.17) is 0 Å². The molecule has 3 heteroatoms. The standard InChI is InChI=1S/C17H19NO2/c1-9(19)10-3-2-4-13(8-10)18-17(20)16-14-11-5-6-12(7-11)15(14)16/h2-4,8,11-12,14-16H,5-7H2,1H3,(H,18,20)/t11-,12-,14-,15-/m0/s1. The summed E-state index contributed by atoms with van der Waals surface area (Å²) in [5.74, 6) is 3.37. The van der Waals surface area contributed by atoms with Crippen LogP contribution >= 0.6 is 0 Å². The number of carbonyl (C=O) groups excluding carboxylic acids is 2. The van der Waals surface area contributed by atoms with E-state index in [-0.39, 0.29) is 17.6 Å². The highest BCUT2D eigenvalue weighted by Gasteiger charge is 2.67. The Morgan fingerprint density at radius 3 is 2.50 bits per heavy atom. The smallest absolute Gasteiger partial charge is 0.228 e. The molecule has 4 rings (SSSR count). The van der Waals surface area contributed by atoms with Gasteiger partial charge < -0.3 is 5.32 Å². The fourth-order valence-corrected chi connectivity index (χ4v) is 4.72. The molecule has 3 nitrogen and oxygen atoms in total. The number of hydrogen-bond acceptors (Lipinski definition) is 2. The maximum atomic E-state index is 12.4. The molecule has 1 N–H and O–H groups in total. The van der Waals surface area contributed by atoms with Crippen LogP contribution in [-0.2, 0) is 4.79 Å². The fourth-order valence-electron chi connectivity index (χ4n) is 4.72. The summed E-state index contributed by atoms with van der Waals surface area (Å²) < 4.78 is 0. The Hall–Kier alpha value is -1.64. The molecular formula is C17H19NO2. The largest absolute Gasteiger partial charge is 0.326 e. The molecule has 0 aromatic heterocycles. The first-order chi connectivity index (χ1) is 9.65. The Labute approximate surface area is 118 Å². The lowest BCUT2D eigenvalue weighted by Gasteiger charge is -2.10. The van der Waals surface area contributed by atoms with Crippen LogP contribution in [0, 0.1) is 29.6 Å². The fraction of sp³-hybridized carbons (Fsp3) is 0.529. The van der Waals surface area contributed by atoms with Gasteiger partial charge in [0.1, 0.15) is 0 Å². The Bertz CT molecular complexity index is 578. The highest BCUT2D eigenvalue weighted by molar-refractivity contribution is 5.98. The third-order valence-electron chi connectivity index (χ3n) is 5.57. The first-order valence-corrected chi connectivity index (χ1v) is 7.57. The van der Waals surface area contributed by atoms with E-state index < -0.39 is 0 Å². The quantitative estimate of drug-likeness (QED) is 0.857. The Balaban J connectivity index is 1.46. The summed E-state index contributed by atoms with van der Waals surface area (Å²) in [5, 5.41) is 3.01. The Kier molecular flexibility index (Phi) is 2.53. The monoisotopic (exact) mass is 269 g/mol. The number of Topliss-reactive ketones (excluding diaryl/α,β-unsaturated/α-hetero) is 1. The number of benzene rings is 1. The Morgan fingerprint density at radius 2 is 1.85 bits per heavy atom. The molecule has 3 aliphatic carbocycles. The summed E-state index contributed by atoms with van der Waals surface area (Å²) in [6.45, 7) is 1.55. The number of carbonyl (C=O) groups is 2. The average molecular weight is 269 g/mol. The summed E-state index contributed by atoms with van der Waals surface area (Å²) in [6.07, 6.45) is 4.02. The molecule has 3 aliphatic rings. The number of nitrogens with one attached hydrogen (secondary N) is 1. The van der Waals surface area contributed by atoms with Gasteiger partial charge in [0, 0.05) is 17.2 Å². The van der Waals surface area contributed by atoms with Crippen LogP contribution in [0.5, 0.6) is 0 Å². The molecule has 0 aliphatic heterocycles. The van der Waals surface area contributed by atoms with E-state index in [0.717, 1.165) is 17.5 Å². The lowest BCUT2D eigenvalue weighted by Crippen LogP contribution is -2.18. The highest BCUT2D eigenvalue weighted by Crippen LogP contribution is 2.69. The zero-order chi connectivity index (χ0) is 13.9. The molecular weight excluding hydrogens is 250 g/mol. The van der Waals surface area contributed by atoms with Gasteiger partial charge >= 0.3 is 0 Å². The molecule has 20 heavy (non-hydrogen) atoms. The molecule has 0 saturated heterocycles. The number of rotatable bonds is 3. The lowest BCUT2D eigenvalue weighted by molar-refractivity contribution is -0.118. The summed E-state index contributed by atoms with van der Waals surface area (Å²) in [7, 11) is 0. The zero-order valence-corrected chi connectivity index (χ0v) is 11.6. The minimum absolute atomic E-state index is 0.0300. The van der Waals surface area contributed by atoms with Crippen molar-refractivity contribution in [2.24, 2.45) is 29.6 Å². The molecule has 1 aromatic carbocycles. The summed E-state index contributed by atoms with van der Waals surface area (Å²) >= 11 is 0. The van der Waals surface area contributed by atoms with Crippen molar-refractivity contribution in [3.05, 3.63) is 29.8 Å². The van der Waals surface area contributed by atoms with Gasteiger partial charge in [0.2, 0.25) is 5.91 Å². The molecule has 0 heterocycles. The summed E-state index contributed by atoms with van der Waals surface area (Å²) in [6, 6.07) is 7.23. The van der Waals surface area contributed by atoms with Crippen molar-refractivity contribution in [1.29, 1.82) is 0 Å². The lowest BCUT2D eigenvalue weighted by atomic mass is 10.0. The molecule has 104 valence electrons. The SMILES string of the molecule is CC(=O)c1cccc(NC(=O)C2[C@H]3[C@H]4CC[C@@H](C4)[C@H]23)c1. The van der Waals surface area contributed by atoms with Gasteiger partial charge in [0.15, 0.2) is 5.78 Å². The van der Waals surface area contributed by atoms with Gasteiger partial charge in [0.05, 0.1) is 0 Å². The van der Waals surface area contributed by atoms with E-state index in [1.165, 1.54) is 19.3 Å². The number of anilines is 1. The minimum atomic E-state index is 0.0300. The maximum Gasteiger partial charge on any atom is 0.228 e.